The number of pyridine rings is 1. The van der Waals surface area contributed by atoms with Crippen molar-refractivity contribution >= 4 is 21.1 Å². The Labute approximate surface area is 207 Å². The monoisotopic (exact) mass is 491 g/mol. The van der Waals surface area contributed by atoms with Gasteiger partial charge in [-0.25, -0.2) is 17.4 Å². The summed E-state index contributed by atoms with van der Waals surface area (Å²) in [7, 11) is 0.312. The van der Waals surface area contributed by atoms with Crippen molar-refractivity contribution in [2.24, 2.45) is 7.05 Å². The second-order valence-corrected chi connectivity index (χ2v) is 11.5. The van der Waals surface area contributed by atoms with Crippen LogP contribution in [0.25, 0.3) is 22.2 Å². The van der Waals surface area contributed by atoms with Crippen molar-refractivity contribution in [3.05, 3.63) is 66.7 Å². The number of aryl methyl sites for hydroxylation is 1. The van der Waals surface area contributed by atoms with Gasteiger partial charge in [0.05, 0.1) is 11.1 Å². The van der Waals surface area contributed by atoms with Crippen LogP contribution in [0.5, 0.6) is 0 Å². The Morgan fingerprint density at radius 1 is 1.06 bits per heavy atom. The van der Waals surface area contributed by atoms with Gasteiger partial charge in [0.1, 0.15) is 0 Å². The number of rotatable bonds is 7. The SMILES string of the molecule is CCCN(C)[C@H]1CC[C@@H](c2cnc3c(c2)c(-c2cnn(C)c2)cn3S(=O)(=O)c2ccccc2)CC1. The Morgan fingerprint density at radius 2 is 1.80 bits per heavy atom. The van der Waals surface area contributed by atoms with Gasteiger partial charge in [0.25, 0.3) is 10.0 Å². The Balaban J connectivity index is 1.55. The molecular formula is C27H33N5O2S. The molecule has 0 amide bonds. The van der Waals surface area contributed by atoms with Gasteiger partial charge in [-0.2, -0.15) is 5.10 Å². The average Bonchev–Trinajstić information content (AvgIpc) is 3.48. The minimum absolute atomic E-state index is 0.245. The third-order valence-electron chi connectivity index (χ3n) is 7.32. The maximum atomic E-state index is 13.5. The largest absolute Gasteiger partial charge is 0.303 e. The van der Waals surface area contributed by atoms with Crippen LogP contribution in [0.15, 0.2) is 66.1 Å². The van der Waals surface area contributed by atoms with E-state index in [1.807, 2.05) is 25.5 Å². The van der Waals surface area contributed by atoms with Crippen LogP contribution in [0.4, 0.5) is 0 Å². The molecule has 4 aromatic rings. The fraction of sp³-hybridized carbons (Fsp3) is 0.407. The van der Waals surface area contributed by atoms with E-state index in [0.717, 1.165) is 35.9 Å². The first kappa shape index (κ1) is 23.8. The van der Waals surface area contributed by atoms with Crippen LogP contribution < -0.4 is 0 Å². The normalized spacial score (nSPS) is 19.0. The van der Waals surface area contributed by atoms with Gasteiger partial charge in [-0.3, -0.25) is 4.68 Å². The van der Waals surface area contributed by atoms with Crippen LogP contribution in [0, 0.1) is 0 Å². The lowest BCUT2D eigenvalue weighted by Crippen LogP contribution is -2.35. The van der Waals surface area contributed by atoms with Gasteiger partial charge in [-0.1, -0.05) is 25.1 Å². The van der Waals surface area contributed by atoms with Crippen molar-refractivity contribution in [3.63, 3.8) is 0 Å². The summed E-state index contributed by atoms with van der Waals surface area (Å²) in [6.07, 6.45) is 13.0. The molecule has 0 atom stereocenters. The lowest BCUT2D eigenvalue weighted by Gasteiger charge is -2.34. The molecule has 1 aliphatic rings. The summed E-state index contributed by atoms with van der Waals surface area (Å²) in [6, 6.07) is 11.3. The maximum Gasteiger partial charge on any atom is 0.269 e. The van der Waals surface area contributed by atoms with E-state index in [2.05, 4.69) is 30.0 Å². The molecule has 3 aromatic heterocycles. The van der Waals surface area contributed by atoms with E-state index in [1.54, 1.807) is 41.3 Å². The zero-order valence-electron chi connectivity index (χ0n) is 20.6. The smallest absolute Gasteiger partial charge is 0.269 e. The summed E-state index contributed by atoms with van der Waals surface area (Å²) in [5.41, 5.74) is 3.35. The molecule has 0 unspecified atom stereocenters. The van der Waals surface area contributed by atoms with E-state index in [1.165, 1.54) is 28.8 Å². The Bertz CT molecular complexity index is 1420. The van der Waals surface area contributed by atoms with Gasteiger partial charge >= 0.3 is 0 Å². The van der Waals surface area contributed by atoms with Gasteiger partial charge in [0.2, 0.25) is 0 Å². The van der Waals surface area contributed by atoms with Crippen molar-refractivity contribution in [2.75, 3.05) is 13.6 Å². The first-order valence-electron chi connectivity index (χ1n) is 12.4. The van der Waals surface area contributed by atoms with Crippen LogP contribution in [0.3, 0.4) is 0 Å². The number of aromatic nitrogens is 4. The summed E-state index contributed by atoms with van der Waals surface area (Å²) in [4.78, 5) is 7.47. The van der Waals surface area contributed by atoms with Gasteiger partial charge in [-0.05, 0) is 75.4 Å². The van der Waals surface area contributed by atoms with Crippen molar-refractivity contribution in [1.82, 2.24) is 23.6 Å². The Kier molecular flexibility index (Phi) is 6.51. The van der Waals surface area contributed by atoms with Crippen LogP contribution in [-0.2, 0) is 17.1 Å². The molecule has 7 nitrogen and oxygen atoms in total. The van der Waals surface area contributed by atoms with Crippen molar-refractivity contribution in [1.29, 1.82) is 0 Å². The van der Waals surface area contributed by atoms with Crippen molar-refractivity contribution < 1.29 is 8.42 Å². The topological polar surface area (TPSA) is 73.0 Å². The second-order valence-electron chi connectivity index (χ2n) is 9.69. The highest BCUT2D eigenvalue weighted by atomic mass is 32.2. The fourth-order valence-corrected chi connectivity index (χ4v) is 6.73. The number of benzene rings is 1. The summed E-state index contributed by atoms with van der Waals surface area (Å²) < 4.78 is 30.1. The molecular weight excluding hydrogens is 458 g/mol. The third-order valence-corrected chi connectivity index (χ3v) is 8.98. The summed E-state index contributed by atoms with van der Waals surface area (Å²) in [5.74, 6) is 0.439. The number of nitrogens with zero attached hydrogens (tertiary/aromatic N) is 5. The molecule has 1 aliphatic carbocycles. The molecule has 1 saturated carbocycles. The molecule has 0 radical (unpaired) electrons. The van der Waals surface area contributed by atoms with E-state index in [-0.39, 0.29) is 4.90 Å². The lowest BCUT2D eigenvalue weighted by molar-refractivity contribution is 0.183. The maximum absolute atomic E-state index is 13.5. The van der Waals surface area contributed by atoms with Crippen LogP contribution in [-0.4, -0.2) is 51.7 Å². The Morgan fingerprint density at radius 3 is 2.46 bits per heavy atom. The first-order valence-corrected chi connectivity index (χ1v) is 13.8. The minimum Gasteiger partial charge on any atom is -0.303 e. The van der Waals surface area contributed by atoms with Crippen molar-refractivity contribution in [3.8, 4) is 11.1 Å². The van der Waals surface area contributed by atoms with E-state index >= 15 is 0 Å². The van der Waals surface area contributed by atoms with Gasteiger partial charge in [0, 0.05) is 48.2 Å². The van der Waals surface area contributed by atoms with E-state index in [0.29, 0.717) is 17.6 Å². The van der Waals surface area contributed by atoms with Crippen LogP contribution in [0.2, 0.25) is 0 Å². The molecule has 184 valence electrons. The zero-order chi connectivity index (χ0) is 24.6. The standard InChI is InChI=1S/C27H33N5O2S/c1-4-14-30(2)23-12-10-20(11-13-23)21-15-25-26(22-17-29-31(3)18-22)19-32(27(25)28-16-21)35(33,34)24-8-6-5-7-9-24/h5-9,15-20,23H,4,10-14H2,1-3H3/t20-,23+. The molecule has 35 heavy (non-hydrogen) atoms. The molecule has 5 rings (SSSR count). The number of fused-ring (bicyclic) bond motifs is 1. The zero-order valence-corrected chi connectivity index (χ0v) is 21.4. The van der Waals surface area contributed by atoms with Crippen LogP contribution >= 0.6 is 0 Å². The Hall–Kier alpha value is -2.97. The van der Waals surface area contributed by atoms with Gasteiger partial charge < -0.3 is 4.90 Å². The highest BCUT2D eigenvalue weighted by Crippen LogP contribution is 2.38. The molecule has 3 heterocycles. The lowest BCUT2D eigenvalue weighted by atomic mass is 9.81. The highest BCUT2D eigenvalue weighted by molar-refractivity contribution is 7.90. The number of hydrogen-bond acceptors (Lipinski definition) is 5. The highest BCUT2D eigenvalue weighted by Gasteiger charge is 2.27. The third kappa shape index (κ3) is 4.52. The molecule has 0 bridgehead atoms. The molecule has 0 aliphatic heterocycles. The molecule has 0 spiro atoms. The molecule has 0 saturated heterocycles. The predicted molar refractivity (Wildman–Crippen MR) is 139 cm³/mol. The average molecular weight is 492 g/mol. The second kappa shape index (κ2) is 9.59. The predicted octanol–water partition coefficient (Wildman–Crippen LogP) is 5.04. The molecule has 0 N–H and O–H groups in total. The van der Waals surface area contributed by atoms with Gasteiger partial charge in [0.15, 0.2) is 5.65 Å². The quantitative estimate of drug-likeness (QED) is 0.362. The van der Waals surface area contributed by atoms with Crippen molar-refractivity contribution in [2.45, 2.75) is 55.9 Å². The van der Waals surface area contributed by atoms with E-state index in [9.17, 15) is 8.42 Å². The molecule has 8 heteroatoms. The fourth-order valence-electron chi connectivity index (χ4n) is 5.38. The first-order chi connectivity index (χ1) is 16.9. The molecule has 1 fully saturated rings. The minimum atomic E-state index is -3.78. The summed E-state index contributed by atoms with van der Waals surface area (Å²) in [6.45, 7) is 3.37. The number of hydrogen-bond donors (Lipinski definition) is 0. The van der Waals surface area contributed by atoms with Crippen LogP contribution in [0.1, 0.15) is 50.5 Å². The van der Waals surface area contributed by atoms with Gasteiger partial charge in [-0.15, -0.1) is 0 Å². The van der Waals surface area contributed by atoms with E-state index in [4.69, 9.17) is 4.98 Å². The van der Waals surface area contributed by atoms with E-state index < -0.39 is 10.0 Å². The summed E-state index contributed by atoms with van der Waals surface area (Å²) >= 11 is 0. The molecule has 1 aromatic carbocycles. The summed E-state index contributed by atoms with van der Waals surface area (Å²) in [5, 5.41) is 5.16.